The zero-order chi connectivity index (χ0) is 15.2. The van der Waals surface area contributed by atoms with E-state index in [2.05, 4.69) is 15.5 Å². The van der Waals surface area contributed by atoms with E-state index >= 15 is 0 Å². The average Bonchev–Trinajstić information content (AvgIpc) is 2.48. The number of nitrogens with one attached hydrogen (secondary N) is 2. The smallest absolute Gasteiger partial charge is 0.274 e. The van der Waals surface area contributed by atoms with Crippen molar-refractivity contribution < 1.29 is 9.59 Å². The quantitative estimate of drug-likeness (QED) is 0.854. The Labute approximate surface area is 120 Å². The highest BCUT2D eigenvalue weighted by molar-refractivity contribution is 5.98. The number of amides is 2. The van der Waals surface area contributed by atoms with Gasteiger partial charge in [0, 0.05) is 18.8 Å². The summed E-state index contributed by atoms with van der Waals surface area (Å²) in [5, 5.41) is 8.48. The number of anilines is 1. The van der Waals surface area contributed by atoms with Crippen molar-refractivity contribution in [2.24, 2.45) is 0 Å². The van der Waals surface area contributed by atoms with Crippen molar-refractivity contribution in [3.8, 4) is 0 Å². The Morgan fingerprint density at radius 1 is 1.19 bits per heavy atom. The number of carbonyl (C=O) groups excluding carboxylic acids is 2. The van der Waals surface area contributed by atoms with Gasteiger partial charge in [-0.1, -0.05) is 18.2 Å². The van der Waals surface area contributed by atoms with Crippen molar-refractivity contribution in [3.63, 3.8) is 0 Å². The van der Waals surface area contributed by atoms with E-state index in [0.717, 1.165) is 0 Å². The molecule has 0 radical (unpaired) electrons. The summed E-state index contributed by atoms with van der Waals surface area (Å²) in [7, 11) is 1.49. The van der Waals surface area contributed by atoms with Gasteiger partial charge in [0.15, 0.2) is 0 Å². The standard InChI is InChI=1S/C14H14N4O3/c1-18(14(21)11-7-8-12(19)17-16-11)9-13(20)15-10-5-3-2-4-6-10/h2-8H,9H2,1H3,(H,15,20)(H,17,19). The third kappa shape index (κ3) is 4.00. The molecule has 0 aliphatic carbocycles. The molecule has 0 saturated carbocycles. The molecular formula is C14H14N4O3. The molecule has 2 rings (SSSR count). The van der Waals surface area contributed by atoms with Gasteiger partial charge in [0.2, 0.25) is 5.91 Å². The number of likely N-dealkylation sites (N-methyl/N-ethyl adjacent to an activating group) is 1. The van der Waals surface area contributed by atoms with Crippen molar-refractivity contribution in [1.29, 1.82) is 0 Å². The Morgan fingerprint density at radius 2 is 1.90 bits per heavy atom. The van der Waals surface area contributed by atoms with Crippen molar-refractivity contribution in [2.75, 3.05) is 18.9 Å². The van der Waals surface area contributed by atoms with Crippen LogP contribution in [0.1, 0.15) is 10.5 Å². The van der Waals surface area contributed by atoms with Gasteiger partial charge >= 0.3 is 0 Å². The zero-order valence-corrected chi connectivity index (χ0v) is 11.4. The monoisotopic (exact) mass is 286 g/mol. The van der Waals surface area contributed by atoms with Crippen molar-refractivity contribution >= 4 is 17.5 Å². The van der Waals surface area contributed by atoms with Gasteiger partial charge in [0.05, 0.1) is 6.54 Å². The summed E-state index contributed by atoms with van der Waals surface area (Å²) < 4.78 is 0. The molecule has 2 aromatic rings. The van der Waals surface area contributed by atoms with Crippen LogP contribution in [0.15, 0.2) is 47.3 Å². The van der Waals surface area contributed by atoms with E-state index in [1.165, 1.54) is 24.1 Å². The molecule has 108 valence electrons. The van der Waals surface area contributed by atoms with E-state index in [0.29, 0.717) is 5.69 Å². The fourth-order valence-electron chi connectivity index (χ4n) is 1.67. The summed E-state index contributed by atoms with van der Waals surface area (Å²) >= 11 is 0. The second-order valence-corrected chi connectivity index (χ2v) is 4.38. The molecule has 1 heterocycles. The number of nitrogens with zero attached hydrogens (tertiary/aromatic N) is 2. The number of hydrogen-bond donors (Lipinski definition) is 2. The molecule has 0 bridgehead atoms. The number of carbonyl (C=O) groups is 2. The topological polar surface area (TPSA) is 95.2 Å². The molecule has 21 heavy (non-hydrogen) atoms. The minimum absolute atomic E-state index is 0.0737. The molecule has 2 N–H and O–H groups in total. The number of aromatic nitrogens is 2. The molecule has 2 amide bonds. The van der Waals surface area contributed by atoms with E-state index in [9.17, 15) is 14.4 Å². The fourth-order valence-corrected chi connectivity index (χ4v) is 1.67. The highest BCUT2D eigenvalue weighted by Crippen LogP contribution is 2.05. The third-order valence-electron chi connectivity index (χ3n) is 2.68. The highest BCUT2D eigenvalue weighted by Gasteiger charge is 2.16. The van der Waals surface area contributed by atoms with Crippen LogP contribution in [0.4, 0.5) is 5.69 Å². The molecule has 0 spiro atoms. The van der Waals surface area contributed by atoms with Gasteiger partial charge in [-0.05, 0) is 18.2 Å². The van der Waals surface area contributed by atoms with Gasteiger partial charge in [-0.2, -0.15) is 5.10 Å². The maximum absolute atomic E-state index is 12.0. The maximum Gasteiger partial charge on any atom is 0.274 e. The first-order chi connectivity index (χ1) is 10.1. The van der Waals surface area contributed by atoms with Crippen LogP contribution < -0.4 is 10.9 Å². The lowest BCUT2D eigenvalue weighted by atomic mass is 10.3. The van der Waals surface area contributed by atoms with Crippen LogP contribution in [0.3, 0.4) is 0 Å². The highest BCUT2D eigenvalue weighted by atomic mass is 16.2. The first-order valence-corrected chi connectivity index (χ1v) is 6.22. The predicted octanol–water partition coefficient (Wildman–Crippen LogP) is 0.481. The van der Waals surface area contributed by atoms with Crippen LogP contribution in [-0.4, -0.2) is 40.5 Å². The lowest BCUT2D eigenvalue weighted by Gasteiger charge is -2.16. The second kappa shape index (κ2) is 6.47. The molecule has 0 aliphatic rings. The van der Waals surface area contributed by atoms with Gasteiger partial charge in [0.1, 0.15) is 5.69 Å². The molecule has 0 saturated heterocycles. The molecule has 0 atom stereocenters. The first-order valence-electron chi connectivity index (χ1n) is 6.22. The van der Waals surface area contributed by atoms with E-state index in [1.807, 2.05) is 6.07 Å². The normalized spacial score (nSPS) is 9.95. The Balaban J connectivity index is 1.95. The van der Waals surface area contributed by atoms with Crippen LogP contribution in [0, 0.1) is 0 Å². The van der Waals surface area contributed by atoms with Crippen LogP contribution in [0.2, 0.25) is 0 Å². The number of hydrogen-bond acceptors (Lipinski definition) is 4. The number of H-pyrrole nitrogens is 1. The van der Waals surface area contributed by atoms with Crippen molar-refractivity contribution in [3.05, 3.63) is 58.5 Å². The molecule has 0 unspecified atom stereocenters. The van der Waals surface area contributed by atoms with Gasteiger partial charge in [0.25, 0.3) is 11.5 Å². The van der Waals surface area contributed by atoms with Gasteiger partial charge < -0.3 is 10.2 Å². The molecular weight excluding hydrogens is 272 g/mol. The Morgan fingerprint density at radius 3 is 2.52 bits per heavy atom. The zero-order valence-electron chi connectivity index (χ0n) is 11.4. The number of rotatable bonds is 4. The minimum atomic E-state index is -0.450. The summed E-state index contributed by atoms with van der Waals surface area (Å²) in [5.41, 5.74) is 0.339. The van der Waals surface area contributed by atoms with Gasteiger partial charge in [-0.3, -0.25) is 14.4 Å². The first kappa shape index (κ1) is 14.4. The molecule has 0 aliphatic heterocycles. The Bertz CT molecular complexity index is 676. The van der Waals surface area contributed by atoms with Gasteiger partial charge in [-0.15, -0.1) is 0 Å². The van der Waals surface area contributed by atoms with Gasteiger partial charge in [-0.25, -0.2) is 5.10 Å². The van der Waals surface area contributed by atoms with Crippen LogP contribution >= 0.6 is 0 Å². The van der Waals surface area contributed by atoms with E-state index in [1.54, 1.807) is 24.3 Å². The number of para-hydroxylation sites is 1. The summed E-state index contributed by atoms with van der Waals surface area (Å²) in [6.45, 7) is -0.117. The predicted molar refractivity (Wildman–Crippen MR) is 76.9 cm³/mol. The van der Waals surface area contributed by atoms with Crippen molar-refractivity contribution in [2.45, 2.75) is 0 Å². The molecule has 7 heteroatoms. The molecule has 7 nitrogen and oxygen atoms in total. The fraction of sp³-hybridized carbons (Fsp3) is 0.143. The summed E-state index contributed by atoms with van der Waals surface area (Å²) in [6, 6.07) is 11.5. The lowest BCUT2D eigenvalue weighted by Crippen LogP contribution is -2.35. The molecule has 1 aromatic heterocycles. The molecule has 1 aromatic carbocycles. The Hall–Kier alpha value is -2.96. The number of benzene rings is 1. The number of aromatic amines is 1. The lowest BCUT2D eigenvalue weighted by molar-refractivity contribution is -0.116. The minimum Gasteiger partial charge on any atom is -0.331 e. The SMILES string of the molecule is CN(CC(=O)Nc1ccccc1)C(=O)c1ccc(=O)[nH]n1. The third-order valence-corrected chi connectivity index (χ3v) is 2.68. The second-order valence-electron chi connectivity index (χ2n) is 4.38. The Kier molecular flexibility index (Phi) is 4.45. The summed E-state index contributed by atoms with van der Waals surface area (Å²) in [5.74, 6) is -0.768. The van der Waals surface area contributed by atoms with Crippen LogP contribution in [0.5, 0.6) is 0 Å². The molecule has 0 fully saturated rings. The average molecular weight is 286 g/mol. The van der Waals surface area contributed by atoms with Crippen molar-refractivity contribution in [1.82, 2.24) is 15.1 Å². The van der Waals surface area contributed by atoms with E-state index in [4.69, 9.17) is 0 Å². The van der Waals surface area contributed by atoms with Crippen LogP contribution in [0.25, 0.3) is 0 Å². The van der Waals surface area contributed by atoms with Crippen LogP contribution in [-0.2, 0) is 4.79 Å². The summed E-state index contributed by atoms with van der Waals surface area (Å²) in [6.07, 6.45) is 0. The maximum atomic E-state index is 12.0. The van der Waals surface area contributed by atoms with E-state index in [-0.39, 0.29) is 18.1 Å². The largest absolute Gasteiger partial charge is 0.331 e. The summed E-state index contributed by atoms with van der Waals surface area (Å²) in [4.78, 5) is 35.9. The van der Waals surface area contributed by atoms with E-state index < -0.39 is 11.5 Å².